The molecule has 0 bridgehead atoms. The number of furan rings is 1. The Bertz CT molecular complexity index is 1000. The molecule has 0 aliphatic rings. The molecule has 8 heteroatoms. The van der Waals surface area contributed by atoms with Gasteiger partial charge >= 0.3 is 0 Å². The van der Waals surface area contributed by atoms with Gasteiger partial charge in [-0.05, 0) is 30.3 Å². The topological polar surface area (TPSA) is 56.2 Å². The van der Waals surface area contributed by atoms with Crippen molar-refractivity contribution in [2.24, 2.45) is 0 Å². The highest BCUT2D eigenvalue weighted by atomic mass is 35.5. The molecule has 0 N–H and O–H groups in total. The van der Waals surface area contributed by atoms with Crippen LogP contribution in [0.2, 0.25) is 10.0 Å². The van der Waals surface area contributed by atoms with Crippen LogP contribution in [-0.2, 0) is 6.42 Å². The fraction of sp³-hybridized carbons (Fsp3) is 0.133. The van der Waals surface area contributed by atoms with Gasteiger partial charge < -0.3 is 4.42 Å². The second-order valence-corrected chi connectivity index (χ2v) is 6.63. The summed E-state index contributed by atoms with van der Waals surface area (Å²) in [6, 6.07) is 9.16. The Hall–Kier alpha value is -1.89. The highest BCUT2D eigenvalue weighted by Gasteiger charge is 2.15. The van der Waals surface area contributed by atoms with Crippen molar-refractivity contribution in [2.45, 2.75) is 13.3 Å². The van der Waals surface area contributed by atoms with Crippen LogP contribution in [0.5, 0.6) is 0 Å². The van der Waals surface area contributed by atoms with E-state index in [4.69, 9.17) is 27.6 Å². The molecule has 0 saturated heterocycles. The number of fused-ring (bicyclic) bond motifs is 1. The molecule has 3 heterocycles. The third-order valence-corrected chi connectivity index (χ3v) is 5.04. The lowest BCUT2D eigenvalue weighted by atomic mass is 10.2. The van der Waals surface area contributed by atoms with Crippen LogP contribution in [0, 0.1) is 0 Å². The molecule has 3 aromatic heterocycles. The van der Waals surface area contributed by atoms with Gasteiger partial charge in [0.1, 0.15) is 5.76 Å². The average molecular weight is 365 g/mol. The smallest absolute Gasteiger partial charge is 0.235 e. The number of aromatic nitrogens is 4. The van der Waals surface area contributed by atoms with Crippen molar-refractivity contribution in [3.05, 3.63) is 46.2 Å². The number of halogens is 2. The number of benzene rings is 1. The Morgan fingerprint density at radius 3 is 2.70 bits per heavy atom. The van der Waals surface area contributed by atoms with Crippen LogP contribution in [0.1, 0.15) is 12.7 Å². The summed E-state index contributed by atoms with van der Waals surface area (Å²) in [6.45, 7) is 2.02. The van der Waals surface area contributed by atoms with Gasteiger partial charge in [-0.1, -0.05) is 41.5 Å². The minimum atomic E-state index is 0.494. The first-order chi connectivity index (χ1) is 11.2. The molecule has 0 fully saturated rings. The Labute approximate surface area is 145 Å². The fourth-order valence-electron chi connectivity index (χ4n) is 2.23. The summed E-state index contributed by atoms with van der Waals surface area (Å²) in [5, 5.41) is 14.5. The second kappa shape index (κ2) is 5.63. The number of hydrogen-bond acceptors (Lipinski definition) is 5. The van der Waals surface area contributed by atoms with E-state index in [1.54, 1.807) is 16.6 Å². The molecule has 0 unspecified atom stereocenters. The van der Waals surface area contributed by atoms with Crippen LogP contribution in [0.25, 0.3) is 27.1 Å². The lowest BCUT2D eigenvalue weighted by molar-refractivity contribution is 0.595. The number of hydrogen-bond donors (Lipinski definition) is 0. The third-order valence-electron chi connectivity index (χ3n) is 3.39. The molecule has 4 rings (SSSR count). The molecule has 0 aliphatic heterocycles. The van der Waals surface area contributed by atoms with Crippen LogP contribution in [0.15, 0.2) is 34.7 Å². The van der Waals surface area contributed by atoms with Gasteiger partial charge in [-0.3, -0.25) is 0 Å². The van der Waals surface area contributed by atoms with Gasteiger partial charge in [-0.2, -0.15) is 4.52 Å². The van der Waals surface area contributed by atoms with Gasteiger partial charge in [0.25, 0.3) is 0 Å². The zero-order chi connectivity index (χ0) is 16.0. The zero-order valence-electron chi connectivity index (χ0n) is 12.0. The lowest BCUT2D eigenvalue weighted by Crippen LogP contribution is -1.92. The average Bonchev–Trinajstić information content (AvgIpc) is 3.23. The molecule has 0 spiro atoms. The van der Waals surface area contributed by atoms with E-state index in [2.05, 4.69) is 15.3 Å². The summed E-state index contributed by atoms with van der Waals surface area (Å²) in [7, 11) is 0. The lowest BCUT2D eigenvalue weighted by Gasteiger charge is -1.99. The molecule has 1 aromatic carbocycles. The van der Waals surface area contributed by atoms with Crippen LogP contribution in [0.3, 0.4) is 0 Å². The van der Waals surface area contributed by atoms with Crippen molar-refractivity contribution in [1.29, 1.82) is 0 Å². The minimum absolute atomic E-state index is 0.494. The Balaban J connectivity index is 1.73. The van der Waals surface area contributed by atoms with Gasteiger partial charge in [0.15, 0.2) is 16.6 Å². The first-order valence-corrected chi connectivity index (χ1v) is 8.49. The summed E-state index contributed by atoms with van der Waals surface area (Å²) in [4.78, 5) is 0.754. The van der Waals surface area contributed by atoms with Gasteiger partial charge in [-0.25, -0.2) is 0 Å². The summed E-state index contributed by atoms with van der Waals surface area (Å²) < 4.78 is 7.66. The molecule has 23 heavy (non-hydrogen) atoms. The first-order valence-electron chi connectivity index (χ1n) is 6.92. The molecule has 0 radical (unpaired) electrons. The number of nitrogens with zero attached hydrogens (tertiary/aromatic N) is 4. The second-order valence-electron chi connectivity index (χ2n) is 4.86. The maximum atomic E-state index is 6.06. The molecule has 0 amide bonds. The van der Waals surface area contributed by atoms with Crippen molar-refractivity contribution in [3.63, 3.8) is 0 Å². The molecule has 0 aliphatic carbocycles. The van der Waals surface area contributed by atoms with E-state index in [1.165, 1.54) is 11.3 Å². The molecule has 4 aromatic rings. The van der Waals surface area contributed by atoms with Crippen molar-refractivity contribution in [1.82, 2.24) is 19.8 Å². The van der Waals surface area contributed by atoms with Crippen LogP contribution < -0.4 is 0 Å². The van der Waals surface area contributed by atoms with Gasteiger partial charge in [0, 0.05) is 12.0 Å². The minimum Gasteiger partial charge on any atom is -0.454 e. The zero-order valence-corrected chi connectivity index (χ0v) is 14.3. The molecule has 0 atom stereocenters. The Kier molecular flexibility index (Phi) is 3.60. The van der Waals surface area contributed by atoms with E-state index < -0.39 is 0 Å². The number of aryl methyl sites for hydroxylation is 1. The molecule has 116 valence electrons. The highest BCUT2D eigenvalue weighted by Crippen LogP contribution is 2.33. The quantitative estimate of drug-likeness (QED) is 0.514. The van der Waals surface area contributed by atoms with Crippen molar-refractivity contribution >= 4 is 39.5 Å². The predicted octanol–water partition coefficient (Wildman–Crippen LogP) is 4.98. The predicted molar refractivity (Wildman–Crippen MR) is 91.2 cm³/mol. The largest absolute Gasteiger partial charge is 0.454 e. The van der Waals surface area contributed by atoms with Gasteiger partial charge in [0.2, 0.25) is 4.96 Å². The standard InChI is InChI=1S/C15H10Cl2N4OS/c1-2-13-18-19-15-21(13)20-14(23-15)12-6-5-11(22-12)8-3-4-9(16)10(17)7-8/h3-7H,2H2,1H3. The highest BCUT2D eigenvalue weighted by molar-refractivity contribution is 7.19. The fourth-order valence-corrected chi connectivity index (χ4v) is 3.35. The van der Waals surface area contributed by atoms with Crippen molar-refractivity contribution in [3.8, 4) is 22.1 Å². The Morgan fingerprint density at radius 2 is 1.91 bits per heavy atom. The third kappa shape index (κ3) is 2.52. The monoisotopic (exact) mass is 364 g/mol. The maximum Gasteiger partial charge on any atom is 0.235 e. The van der Waals surface area contributed by atoms with E-state index in [-0.39, 0.29) is 0 Å². The molecule has 0 saturated carbocycles. The SMILES string of the molecule is CCc1nnc2sc(-c3ccc(-c4ccc(Cl)c(Cl)c4)o3)nn12. The molecule has 5 nitrogen and oxygen atoms in total. The van der Waals surface area contributed by atoms with E-state index in [9.17, 15) is 0 Å². The van der Waals surface area contributed by atoms with E-state index in [0.29, 0.717) is 21.6 Å². The van der Waals surface area contributed by atoms with Crippen LogP contribution in [-0.4, -0.2) is 19.8 Å². The molecular formula is C15H10Cl2N4OS. The van der Waals surface area contributed by atoms with Crippen LogP contribution >= 0.6 is 34.5 Å². The summed E-state index contributed by atoms with van der Waals surface area (Å²) >= 11 is 13.4. The summed E-state index contributed by atoms with van der Waals surface area (Å²) in [5.41, 5.74) is 0.864. The van der Waals surface area contributed by atoms with Crippen molar-refractivity contribution in [2.75, 3.05) is 0 Å². The van der Waals surface area contributed by atoms with E-state index in [0.717, 1.165) is 27.8 Å². The van der Waals surface area contributed by atoms with Crippen molar-refractivity contribution < 1.29 is 4.42 Å². The number of rotatable bonds is 3. The normalized spacial score (nSPS) is 11.4. The van der Waals surface area contributed by atoms with E-state index >= 15 is 0 Å². The van der Waals surface area contributed by atoms with Gasteiger partial charge in [-0.15, -0.1) is 15.3 Å². The van der Waals surface area contributed by atoms with E-state index in [1.807, 2.05) is 25.1 Å². The molecular weight excluding hydrogens is 355 g/mol. The maximum absolute atomic E-state index is 6.06. The first kappa shape index (κ1) is 14.7. The summed E-state index contributed by atoms with van der Waals surface area (Å²) in [5.74, 6) is 2.22. The van der Waals surface area contributed by atoms with Crippen LogP contribution in [0.4, 0.5) is 0 Å². The van der Waals surface area contributed by atoms with Gasteiger partial charge in [0.05, 0.1) is 10.0 Å². The Morgan fingerprint density at radius 1 is 1.09 bits per heavy atom. The summed E-state index contributed by atoms with van der Waals surface area (Å²) in [6.07, 6.45) is 0.775.